The monoisotopic (exact) mass is 299 g/mol. The van der Waals surface area contributed by atoms with E-state index >= 15 is 0 Å². The van der Waals surface area contributed by atoms with Crippen LogP contribution in [0.4, 0.5) is 0 Å². The van der Waals surface area contributed by atoms with Crippen molar-refractivity contribution in [3.8, 4) is 0 Å². The molecule has 104 valence electrons. The van der Waals surface area contributed by atoms with Crippen LogP contribution in [0.15, 0.2) is 23.1 Å². The molecule has 0 aromatic rings. The largest absolute Gasteiger partial charge is 0.481 e. The van der Waals surface area contributed by atoms with E-state index in [4.69, 9.17) is 17.3 Å². The minimum atomic E-state index is -0.864. The summed E-state index contributed by atoms with van der Waals surface area (Å²) in [7, 11) is 0. The van der Waals surface area contributed by atoms with E-state index in [1.54, 1.807) is 6.08 Å². The molecule has 1 rings (SSSR count). The van der Waals surface area contributed by atoms with Gasteiger partial charge in [0.05, 0.1) is 4.91 Å². The number of nitrogens with zero attached hydrogens (tertiary/aromatic N) is 1. The van der Waals surface area contributed by atoms with Crippen molar-refractivity contribution in [3.05, 3.63) is 23.1 Å². The Balaban J connectivity index is 2.63. The standard InChI is InChI=1S/C13H17NO3S2/c1-3-5-9(2)8-10-12(17)14(13(18)19-10)7-4-6-11(15)16/h8H,2-7H2,1H3,(H,15,16). The van der Waals surface area contributed by atoms with Crippen molar-refractivity contribution in [2.75, 3.05) is 6.54 Å². The third-order valence-corrected chi connectivity index (χ3v) is 3.93. The highest BCUT2D eigenvalue weighted by Gasteiger charge is 2.31. The van der Waals surface area contributed by atoms with Gasteiger partial charge in [-0.05, 0) is 18.9 Å². The minimum absolute atomic E-state index is 0.0403. The molecule has 0 bridgehead atoms. The van der Waals surface area contributed by atoms with Gasteiger partial charge in [0, 0.05) is 13.0 Å². The van der Waals surface area contributed by atoms with Gasteiger partial charge in [0.1, 0.15) is 4.32 Å². The fourth-order valence-electron chi connectivity index (χ4n) is 1.66. The van der Waals surface area contributed by atoms with E-state index in [2.05, 4.69) is 13.5 Å². The Morgan fingerprint density at radius 2 is 2.21 bits per heavy atom. The minimum Gasteiger partial charge on any atom is -0.481 e. The summed E-state index contributed by atoms with van der Waals surface area (Å²) in [5.74, 6) is -1.00. The molecule has 6 heteroatoms. The second-order valence-electron chi connectivity index (χ2n) is 4.24. The number of carbonyl (C=O) groups excluding carboxylic acids is 1. The Morgan fingerprint density at radius 3 is 2.79 bits per heavy atom. The zero-order chi connectivity index (χ0) is 14.4. The van der Waals surface area contributed by atoms with Crippen LogP contribution in [-0.4, -0.2) is 32.7 Å². The molecule has 1 aliphatic heterocycles. The quantitative estimate of drug-likeness (QED) is 0.578. The molecular formula is C13H17NO3S2. The first-order valence-corrected chi connectivity index (χ1v) is 7.33. The molecule has 1 N–H and O–H groups in total. The lowest BCUT2D eigenvalue weighted by Gasteiger charge is -2.13. The van der Waals surface area contributed by atoms with Gasteiger partial charge >= 0.3 is 5.97 Å². The van der Waals surface area contributed by atoms with E-state index < -0.39 is 5.97 Å². The van der Waals surface area contributed by atoms with Gasteiger partial charge in [0.25, 0.3) is 5.91 Å². The van der Waals surface area contributed by atoms with E-state index in [0.29, 0.717) is 22.2 Å². The highest BCUT2D eigenvalue weighted by atomic mass is 32.2. The number of carboxylic acids is 1. The van der Waals surface area contributed by atoms with Crippen molar-refractivity contribution >= 4 is 40.2 Å². The number of carboxylic acid groups (broad SMARTS) is 1. The van der Waals surface area contributed by atoms with E-state index in [0.717, 1.165) is 18.4 Å². The smallest absolute Gasteiger partial charge is 0.303 e. The molecule has 0 aromatic carbocycles. The predicted octanol–water partition coefficient (Wildman–Crippen LogP) is 2.95. The maximum Gasteiger partial charge on any atom is 0.303 e. The first-order valence-electron chi connectivity index (χ1n) is 6.10. The van der Waals surface area contributed by atoms with Crippen LogP contribution in [0.2, 0.25) is 0 Å². The Bertz CT molecular complexity index is 443. The highest BCUT2D eigenvalue weighted by Crippen LogP contribution is 2.32. The molecule has 1 heterocycles. The molecule has 0 radical (unpaired) electrons. The summed E-state index contributed by atoms with van der Waals surface area (Å²) in [4.78, 5) is 24.6. The fourth-order valence-corrected chi connectivity index (χ4v) is 3.00. The van der Waals surface area contributed by atoms with Crippen molar-refractivity contribution in [2.45, 2.75) is 32.6 Å². The van der Waals surface area contributed by atoms with E-state index in [1.165, 1.54) is 16.7 Å². The number of allylic oxidation sites excluding steroid dienone is 2. The van der Waals surface area contributed by atoms with Gasteiger partial charge in [-0.3, -0.25) is 14.5 Å². The molecule has 0 atom stereocenters. The van der Waals surface area contributed by atoms with Crippen LogP contribution in [0.1, 0.15) is 32.6 Å². The Hall–Kier alpha value is -1.14. The van der Waals surface area contributed by atoms with Crippen LogP contribution in [0.3, 0.4) is 0 Å². The lowest BCUT2D eigenvalue weighted by Crippen LogP contribution is -2.29. The molecule has 1 amide bonds. The highest BCUT2D eigenvalue weighted by molar-refractivity contribution is 8.26. The van der Waals surface area contributed by atoms with Gasteiger partial charge < -0.3 is 5.11 Å². The average Bonchev–Trinajstić information content (AvgIpc) is 2.56. The molecule has 0 aliphatic carbocycles. The summed E-state index contributed by atoms with van der Waals surface area (Å²) in [6.45, 7) is 6.30. The van der Waals surface area contributed by atoms with E-state index in [1.807, 2.05) is 0 Å². The van der Waals surface area contributed by atoms with Crippen molar-refractivity contribution in [1.82, 2.24) is 4.90 Å². The van der Waals surface area contributed by atoms with Gasteiger partial charge in [-0.15, -0.1) is 0 Å². The third kappa shape index (κ3) is 4.80. The summed E-state index contributed by atoms with van der Waals surface area (Å²) in [6, 6.07) is 0. The molecular weight excluding hydrogens is 282 g/mol. The van der Waals surface area contributed by atoms with Gasteiger partial charge in [-0.25, -0.2) is 0 Å². The average molecular weight is 299 g/mol. The topological polar surface area (TPSA) is 57.6 Å². The summed E-state index contributed by atoms with van der Waals surface area (Å²) in [6.07, 6.45) is 4.06. The first kappa shape index (κ1) is 15.9. The molecule has 0 spiro atoms. The molecule has 1 saturated heterocycles. The molecule has 1 fully saturated rings. The maximum absolute atomic E-state index is 12.1. The summed E-state index contributed by atoms with van der Waals surface area (Å²) in [5, 5.41) is 8.58. The van der Waals surface area contributed by atoms with Gasteiger partial charge in [0.15, 0.2) is 0 Å². The number of thiocarbonyl (C=S) groups is 1. The number of carbonyl (C=O) groups is 2. The zero-order valence-corrected chi connectivity index (χ0v) is 12.5. The SMILES string of the molecule is C=C(C=C1SC(=S)N(CCCC(=O)O)C1=O)CCC. The van der Waals surface area contributed by atoms with Crippen LogP contribution >= 0.6 is 24.0 Å². The van der Waals surface area contributed by atoms with Gasteiger partial charge in [-0.1, -0.05) is 49.5 Å². The number of aliphatic carboxylic acids is 1. The van der Waals surface area contributed by atoms with Crippen LogP contribution < -0.4 is 0 Å². The lowest BCUT2D eigenvalue weighted by atomic mass is 10.1. The van der Waals surface area contributed by atoms with Gasteiger partial charge in [0.2, 0.25) is 0 Å². The van der Waals surface area contributed by atoms with E-state index in [-0.39, 0.29) is 12.3 Å². The molecule has 0 aromatic heterocycles. The Morgan fingerprint density at radius 1 is 1.53 bits per heavy atom. The summed E-state index contributed by atoms with van der Waals surface area (Å²) >= 11 is 6.40. The van der Waals surface area contributed by atoms with Crippen molar-refractivity contribution < 1.29 is 14.7 Å². The van der Waals surface area contributed by atoms with Crippen molar-refractivity contribution in [2.24, 2.45) is 0 Å². The Labute approximate surface area is 122 Å². The van der Waals surface area contributed by atoms with Crippen LogP contribution in [-0.2, 0) is 9.59 Å². The first-order chi connectivity index (χ1) is 8.95. The summed E-state index contributed by atoms with van der Waals surface area (Å²) in [5.41, 5.74) is 0.911. The van der Waals surface area contributed by atoms with E-state index in [9.17, 15) is 9.59 Å². The number of hydrogen-bond acceptors (Lipinski definition) is 4. The number of amides is 1. The number of thioether (sulfide) groups is 1. The second-order valence-corrected chi connectivity index (χ2v) is 5.91. The van der Waals surface area contributed by atoms with Crippen molar-refractivity contribution in [3.63, 3.8) is 0 Å². The lowest BCUT2D eigenvalue weighted by molar-refractivity contribution is -0.137. The maximum atomic E-state index is 12.1. The van der Waals surface area contributed by atoms with Crippen molar-refractivity contribution in [1.29, 1.82) is 0 Å². The van der Waals surface area contributed by atoms with Gasteiger partial charge in [-0.2, -0.15) is 0 Å². The van der Waals surface area contributed by atoms with Crippen LogP contribution in [0.25, 0.3) is 0 Å². The zero-order valence-electron chi connectivity index (χ0n) is 10.8. The number of hydrogen-bond donors (Lipinski definition) is 1. The molecule has 0 saturated carbocycles. The molecule has 4 nitrogen and oxygen atoms in total. The molecule has 19 heavy (non-hydrogen) atoms. The van der Waals surface area contributed by atoms with Crippen LogP contribution in [0, 0.1) is 0 Å². The van der Waals surface area contributed by atoms with Crippen LogP contribution in [0.5, 0.6) is 0 Å². The molecule has 0 unspecified atom stereocenters. The molecule has 1 aliphatic rings. The normalized spacial score (nSPS) is 17.3. The third-order valence-electron chi connectivity index (χ3n) is 2.55. The summed E-state index contributed by atoms with van der Waals surface area (Å²) < 4.78 is 0.492. The second kappa shape index (κ2) is 7.45. The Kier molecular flexibility index (Phi) is 6.24. The predicted molar refractivity (Wildman–Crippen MR) is 80.9 cm³/mol. The fraction of sp³-hybridized carbons (Fsp3) is 0.462. The number of rotatable bonds is 7.